The van der Waals surface area contributed by atoms with Crippen LogP contribution in [-0.4, -0.2) is 15.3 Å². The van der Waals surface area contributed by atoms with Gasteiger partial charge in [-0.05, 0) is 41.0 Å². The van der Waals surface area contributed by atoms with Gasteiger partial charge >= 0.3 is 0 Å². The highest BCUT2D eigenvalue weighted by atomic mass is 32.1. The van der Waals surface area contributed by atoms with E-state index in [0.29, 0.717) is 10.5 Å². The quantitative estimate of drug-likeness (QED) is 0.177. The van der Waals surface area contributed by atoms with Gasteiger partial charge < -0.3 is 0 Å². The average Bonchev–Trinajstić information content (AvgIpc) is 3.44. The van der Waals surface area contributed by atoms with Crippen LogP contribution in [0.4, 0.5) is 11.4 Å². The molecule has 2 aromatic heterocycles. The minimum Gasteiger partial charge on any atom is -0.258 e. The first-order chi connectivity index (χ1) is 15.7. The van der Waals surface area contributed by atoms with E-state index in [-0.39, 0.29) is 11.1 Å². The molecule has 4 rings (SSSR count). The summed E-state index contributed by atoms with van der Waals surface area (Å²) in [5.74, 6) is 0. The van der Waals surface area contributed by atoms with E-state index in [1.165, 1.54) is 23.0 Å². The summed E-state index contributed by atoms with van der Waals surface area (Å²) in [7, 11) is 0. The van der Waals surface area contributed by atoms with Crippen LogP contribution in [0.15, 0.2) is 81.5 Å². The second kappa shape index (κ2) is 9.25. The molecule has 0 unspecified atom stereocenters. The Morgan fingerprint density at radius 1 is 1.00 bits per heavy atom. The zero-order valence-electron chi connectivity index (χ0n) is 18.9. The van der Waals surface area contributed by atoms with Crippen molar-refractivity contribution in [2.24, 2.45) is 10.1 Å². The van der Waals surface area contributed by atoms with Crippen molar-refractivity contribution >= 4 is 39.8 Å². The SMILES string of the molecule is CC(=Nn1c(-c2cccs2)csc1=Nc1ccccc1[N+](=O)[O-])c1ccc(C(C)(C)C)cc1. The maximum atomic E-state index is 11.5. The van der Waals surface area contributed by atoms with E-state index in [0.717, 1.165) is 21.8 Å². The molecule has 0 amide bonds. The molecule has 0 aliphatic carbocycles. The number of benzene rings is 2. The number of aromatic nitrogens is 1. The van der Waals surface area contributed by atoms with E-state index in [1.807, 2.05) is 29.8 Å². The molecular formula is C25H24N4O2S2. The summed E-state index contributed by atoms with van der Waals surface area (Å²) in [6, 6.07) is 18.9. The van der Waals surface area contributed by atoms with Crippen molar-refractivity contribution in [2.45, 2.75) is 33.1 Å². The zero-order valence-corrected chi connectivity index (χ0v) is 20.5. The summed E-state index contributed by atoms with van der Waals surface area (Å²) in [6.45, 7) is 8.53. The number of para-hydroxylation sites is 2. The van der Waals surface area contributed by atoms with Gasteiger partial charge in [0.2, 0.25) is 4.80 Å². The van der Waals surface area contributed by atoms with E-state index in [4.69, 9.17) is 5.10 Å². The van der Waals surface area contributed by atoms with Crippen molar-refractivity contribution in [1.29, 1.82) is 0 Å². The number of nitro groups is 1. The lowest BCUT2D eigenvalue weighted by Gasteiger charge is -2.19. The Bertz CT molecular complexity index is 1370. The fourth-order valence-electron chi connectivity index (χ4n) is 3.30. The smallest absolute Gasteiger partial charge is 0.258 e. The Labute approximate surface area is 200 Å². The van der Waals surface area contributed by atoms with Gasteiger partial charge in [-0.25, -0.2) is 9.67 Å². The number of nitro benzene ring substituents is 1. The highest BCUT2D eigenvalue weighted by molar-refractivity contribution is 7.14. The molecule has 168 valence electrons. The fourth-order valence-corrected chi connectivity index (χ4v) is 4.94. The number of hydrogen-bond donors (Lipinski definition) is 0. The molecule has 0 atom stereocenters. The van der Waals surface area contributed by atoms with Gasteiger partial charge in [-0.3, -0.25) is 10.1 Å². The lowest BCUT2D eigenvalue weighted by atomic mass is 9.86. The van der Waals surface area contributed by atoms with Gasteiger partial charge in [-0.1, -0.05) is 63.2 Å². The minimum atomic E-state index is -0.414. The molecule has 2 heterocycles. The molecule has 0 saturated heterocycles. The van der Waals surface area contributed by atoms with Crippen LogP contribution in [0, 0.1) is 10.1 Å². The van der Waals surface area contributed by atoms with Crippen LogP contribution < -0.4 is 4.80 Å². The van der Waals surface area contributed by atoms with Crippen LogP contribution in [0.25, 0.3) is 10.6 Å². The third-order valence-corrected chi connectivity index (χ3v) is 6.88. The average molecular weight is 477 g/mol. The molecular weight excluding hydrogens is 452 g/mol. The predicted octanol–water partition coefficient (Wildman–Crippen LogP) is 6.99. The van der Waals surface area contributed by atoms with Crippen molar-refractivity contribution in [2.75, 3.05) is 0 Å². The molecule has 6 nitrogen and oxygen atoms in total. The summed E-state index contributed by atoms with van der Waals surface area (Å²) in [5.41, 5.74) is 4.35. The van der Waals surface area contributed by atoms with Crippen molar-refractivity contribution in [1.82, 2.24) is 4.68 Å². The summed E-state index contributed by atoms with van der Waals surface area (Å²) in [4.78, 5) is 17.3. The predicted molar refractivity (Wildman–Crippen MR) is 137 cm³/mol. The van der Waals surface area contributed by atoms with Gasteiger partial charge in [-0.2, -0.15) is 5.10 Å². The van der Waals surface area contributed by atoms with Crippen molar-refractivity contribution in [3.8, 4) is 10.6 Å². The zero-order chi connectivity index (χ0) is 23.6. The van der Waals surface area contributed by atoms with Crippen LogP contribution in [0.5, 0.6) is 0 Å². The third-order valence-electron chi connectivity index (χ3n) is 5.17. The van der Waals surface area contributed by atoms with Crippen molar-refractivity contribution in [3.05, 3.63) is 97.5 Å². The molecule has 33 heavy (non-hydrogen) atoms. The first-order valence-electron chi connectivity index (χ1n) is 10.4. The van der Waals surface area contributed by atoms with Gasteiger partial charge in [0, 0.05) is 11.4 Å². The highest BCUT2D eigenvalue weighted by Gasteiger charge is 2.15. The molecule has 0 N–H and O–H groups in total. The number of rotatable bonds is 5. The molecule has 0 spiro atoms. The molecule has 4 aromatic rings. The molecule has 0 aliphatic heterocycles. The Morgan fingerprint density at radius 3 is 2.36 bits per heavy atom. The molecule has 0 saturated carbocycles. The van der Waals surface area contributed by atoms with Crippen LogP contribution in [0.3, 0.4) is 0 Å². The maximum Gasteiger partial charge on any atom is 0.294 e. The monoisotopic (exact) mass is 476 g/mol. The number of thiazole rings is 1. The Kier molecular flexibility index (Phi) is 6.40. The second-order valence-electron chi connectivity index (χ2n) is 8.56. The molecule has 0 bridgehead atoms. The Hall–Kier alpha value is -3.36. The first-order valence-corrected chi connectivity index (χ1v) is 12.2. The van der Waals surface area contributed by atoms with Gasteiger partial charge in [0.15, 0.2) is 0 Å². The Morgan fingerprint density at radius 2 is 1.73 bits per heavy atom. The van der Waals surface area contributed by atoms with Crippen molar-refractivity contribution < 1.29 is 4.92 Å². The van der Waals surface area contributed by atoms with E-state index in [2.05, 4.69) is 50.0 Å². The summed E-state index contributed by atoms with van der Waals surface area (Å²) in [6.07, 6.45) is 0. The number of nitrogens with zero attached hydrogens (tertiary/aromatic N) is 4. The second-order valence-corrected chi connectivity index (χ2v) is 10.3. The van der Waals surface area contributed by atoms with E-state index in [9.17, 15) is 10.1 Å². The van der Waals surface area contributed by atoms with Crippen LogP contribution >= 0.6 is 22.7 Å². The van der Waals surface area contributed by atoms with E-state index in [1.54, 1.807) is 34.2 Å². The van der Waals surface area contributed by atoms with Gasteiger partial charge in [0.05, 0.1) is 21.2 Å². The molecule has 0 radical (unpaired) electrons. The third kappa shape index (κ3) is 5.02. The first kappa shape index (κ1) is 22.8. The fraction of sp³-hybridized carbons (Fsp3) is 0.200. The van der Waals surface area contributed by atoms with Gasteiger partial charge in [0.1, 0.15) is 5.69 Å². The lowest BCUT2D eigenvalue weighted by molar-refractivity contribution is -0.384. The van der Waals surface area contributed by atoms with Gasteiger partial charge in [0.25, 0.3) is 5.69 Å². The molecule has 8 heteroatoms. The Balaban J connectivity index is 1.85. The van der Waals surface area contributed by atoms with E-state index < -0.39 is 4.92 Å². The molecule has 0 fully saturated rings. The summed E-state index contributed by atoms with van der Waals surface area (Å²) < 4.78 is 1.78. The molecule has 2 aromatic carbocycles. The topological polar surface area (TPSA) is 72.8 Å². The van der Waals surface area contributed by atoms with Crippen LogP contribution in [0.2, 0.25) is 0 Å². The lowest BCUT2D eigenvalue weighted by Crippen LogP contribution is -2.14. The van der Waals surface area contributed by atoms with Crippen molar-refractivity contribution in [3.63, 3.8) is 0 Å². The summed E-state index contributed by atoms with van der Waals surface area (Å²) >= 11 is 3.02. The summed E-state index contributed by atoms with van der Waals surface area (Å²) in [5, 5.41) is 20.4. The normalized spacial score (nSPS) is 12.8. The maximum absolute atomic E-state index is 11.5. The largest absolute Gasteiger partial charge is 0.294 e. The van der Waals surface area contributed by atoms with Gasteiger partial charge in [-0.15, -0.1) is 22.7 Å². The molecule has 0 aliphatic rings. The number of hydrogen-bond acceptors (Lipinski definition) is 6. The standard InChI is InChI=1S/C25H24N4O2S2/c1-17(18-11-13-19(14-12-18)25(2,3)4)27-28-22(23-10-7-15-32-23)16-33-24(28)26-20-8-5-6-9-21(20)29(30)31/h5-16H,1-4H3. The van der Waals surface area contributed by atoms with Crippen LogP contribution in [0.1, 0.15) is 38.8 Å². The number of thiophene rings is 1. The van der Waals surface area contributed by atoms with Crippen LogP contribution in [-0.2, 0) is 5.41 Å². The minimum absolute atomic E-state index is 0.0337. The van der Waals surface area contributed by atoms with E-state index >= 15 is 0 Å². The highest BCUT2D eigenvalue weighted by Crippen LogP contribution is 2.28.